The molecule has 0 bridgehead atoms. The van der Waals surface area contributed by atoms with Gasteiger partial charge >= 0.3 is 0 Å². The van der Waals surface area contributed by atoms with E-state index in [1.165, 1.54) is 18.2 Å². The molecule has 3 aromatic rings. The molecular formula is C17H9BrClFN2O. The van der Waals surface area contributed by atoms with Crippen molar-refractivity contribution in [3.8, 4) is 0 Å². The van der Waals surface area contributed by atoms with Crippen molar-refractivity contribution in [2.75, 3.05) is 0 Å². The van der Waals surface area contributed by atoms with E-state index in [2.05, 4.69) is 26.2 Å². The van der Waals surface area contributed by atoms with Gasteiger partial charge in [-0.3, -0.25) is 9.78 Å². The van der Waals surface area contributed by atoms with Gasteiger partial charge in [0.15, 0.2) is 0 Å². The Morgan fingerprint density at radius 3 is 2.91 bits per heavy atom. The first-order valence-corrected chi connectivity index (χ1v) is 8.06. The molecule has 114 valence electrons. The minimum absolute atomic E-state index is 0.218. The zero-order valence-corrected chi connectivity index (χ0v) is 14.0. The number of nitrogens with zero attached hydrogens (tertiary/aromatic N) is 1. The van der Waals surface area contributed by atoms with E-state index in [4.69, 9.17) is 11.6 Å². The van der Waals surface area contributed by atoms with Crippen LogP contribution in [0.2, 0.25) is 5.02 Å². The Hall–Kier alpha value is -1.98. The van der Waals surface area contributed by atoms with Crippen molar-refractivity contribution >= 4 is 44.3 Å². The smallest absolute Gasteiger partial charge is 0.253 e. The molecule has 1 aliphatic heterocycles. The number of carbonyl (C=O) groups excluding carboxylic acids is 1. The van der Waals surface area contributed by atoms with Crippen LogP contribution in [0.4, 0.5) is 4.39 Å². The molecule has 1 amide bonds. The first kappa shape index (κ1) is 14.6. The summed E-state index contributed by atoms with van der Waals surface area (Å²) in [6.45, 7) is 0. The molecule has 2 heterocycles. The average molecular weight is 392 g/mol. The van der Waals surface area contributed by atoms with Crippen LogP contribution in [0.1, 0.15) is 27.5 Å². The number of fused-ring (bicyclic) bond motifs is 3. The highest BCUT2D eigenvalue weighted by atomic mass is 79.9. The van der Waals surface area contributed by atoms with Crippen LogP contribution in [0, 0.1) is 5.82 Å². The van der Waals surface area contributed by atoms with Crippen molar-refractivity contribution in [2.24, 2.45) is 0 Å². The average Bonchev–Trinajstić information content (AvgIpc) is 2.88. The Kier molecular flexibility index (Phi) is 3.36. The van der Waals surface area contributed by atoms with Crippen LogP contribution in [-0.2, 0) is 0 Å². The third-order valence-corrected chi connectivity index (χ3v) is 4.96. The number of amides is 1. The Bertz CT molecular complexity index is 976. The second-order valence-corrected chi connectivity index (χ2v) is 6.55. The summed E-state index contributed by atoms with van der Waals surface area (Å²) in [4.78, 5) is 16.8. The van der Waals surface area contributed by atoms with Gasteiger partial charge < -0.3 is 5.32 Å². The molecule has 23 heavy (non-hydrogen) atoms. The lowest BCUT2D eigenvalue weighted by molar-refractivity contribution is 0.0962. The van der Waals surface area contributed by atoms with Crippen LogP contribution in [0.5, 0.6) is 0 Å². The summed E-state index contributed by atoms with van der Waals surface area (Å²) >= 11 is 9.72. The van der Waals surface area contributed by atoms with Crippen LogP contribution in [0.15, 0.2) is 47.1 Å². The first-order chi connectivity index (χ1) is 11.1. The largest absolute Gasteiger partial charge is 0.341 e. The van der Waals surface area contributed by atoms with Gasteiger partial charge in [-0.15, -0.1) is 0 Å². The van der Waals surface area contributed by atoms with Crippen molar-refractivity contribution in [2.45, 2.75) is 6.04 Å². The summed E-state index contributed by atoms with van der Waals surface area (Å²) in [6, 6.07) is 9.13. The molecule has 0 fully saturated rings. The van der Waals surface area contributed by atoms with E-state index < -0.39 is 11.9 Å². The van der Waals surface area contributed by atoms with Crippen molar-refractivity contribution in [3.05, 3.63) is 74.6 Å². The molecule has 0 radical (unpaired) electrons. The summed E-state index contributed by atoms with van der Waals surface area (Å²) in [5.41, 5.74) is 2.55. The van der Waals surface area contributed by atoms with Gasteiger partial charge in [-0.2, -0.15) is 0 Å². The fourth-order valence-electron chi connectivity index (χ4n) is 2.98. The standard InChI is InChI=1S/C17H9BrClFN2O/c18-11-7-13-9(2-1-5-21-13)14-15(11)16(22-17(14)23)10-6-8(20)3-4-12(10)19/h1-7,16H,(H,22,23). The van der Waals surface area contributed by atoms with Crippen LogP contribution in [0.25, 0.3) is 10.9 Å². The molecule has 1 atom stereocenters. The van der Waals surface area contributed by atoms with Crippen molar-refractivity contribution < 1.29 is 9.18 Å². The number of aromatic nitrogens is 1. The van der Waals surface area contributed by atoms with E-state index in [0.29, 0.717) is 16.1 Å². The summed E-state index contributed by atoms with van der Waals surface area (Å²) in [6.07, 6.45) is 1.68. The maximum Gasteiger partial charge on any atom is 0.253 e. The lowest BCUT2D eigenvalue weighted by Gasteiger charge is -2.16. The van der Waals surface area contributed by atoms with Gasteiger partial charge in [-0.05, 0) is 30.3 Å². The lowest BCUT2D eigenvalue weighted by atomic mass is 9.95. The number of nitrogens with one attached hydrogen (secondary N) is 1. The molecular weight excluding hydrogens is 383 g/mol. The van der Waals surface area contributed by atoms with E-state index in [9.17, 15) is 9.18 Å². The van der Waals surface area contributed by atoms with Gasteiger partial charge in [-0.25, -0.2) is 4.39 Å². The van der Waals surface area contributed by atoms with E-state index in [0.717, 1.165) is 20.9 Å². The SMILES string of the molecule is O=C1NC(c2cc(F)ccc2Cl)c2c(Br)cc3ncccc3c21. The van der Waals surface area contributed by atoms with Gasteiger partial charge in [-0.1, -0.05) is 33.6 Å². The summed E-state index contributed by atoms with van der Waals surface area (Å²) in [7, 11) is 0. The van der Waals surface area contributed by atoms with Crippen molar-refractivity contribution in [1.29, 1.82) is 0 Å². The predicted molar refractivity (Wildman–Crippen MR) is 90.2 cm³/mol. The van der Waals surface area contributed by atoms with Crippen LogP contribution >= 0.6 is 27.5 Å². The fraction of sp³-hybridized carbons (Fsp3) is 0.0588. The number of pyridine rings is 1. The number of halogens is 3. The molecule has 1 aliphatic rings. The number of benzene rings is 2. The zero-order chi connectivity index (χ0) is 16.1. The molecule has 1 unspecified atom stereocenters. The monoisotopic (exact) mass is 390 g/mol. The zero-order valence-electron chi connectivity index (χ0n) is 11.6. The van der Waals surface area contributed by atoms with Crippen LogP contribution in [0.3, 0.4) is 0 Å². The molecule has 2 aromatic carbocycles. The van der Waals surface area contributed by atoms with Gasteiger partial charge in [0.05, 0.1) is 17.1 Å². The molecule has 6 heteroatoms. The molecule has 0 aliphatic carbocycles. The highest BCUT2D eigenvalue weighted by molar-refractivity contribution is 9.10. The summed E-state index contributed by atoms with van der Waals surface area (Å²) in [5, 5.41) is 4.06. The summed E-state index contributed by atoms with van der Waals surface area (Å²) in [5.74, 6) is -0.615. The molecule has 0 saturated heterocycles. The highest BCUT2D eigenvalue weighted by Crippen LogP contribution is 2.41. The van der Waals surface area contributed by atoms with Crippen LogP contribution < -0.4 is 5.32 Å². The Balaban J connectivity index is 2.02. The van der Waals surface area contributed by atoms with E-state index in [1.807, 2.05) is 12.1 Å². The molecule has 1 aromatic heterocycles. The van der Waals surface area contributed by atoms with Gasteiger partial charge in [0.1, 0.15) is 5.82 Å². The normalized spacial score (nSPS) is 16.5. The topological polar surface area (TPSA) is 42.0 Å². The number of carbonyl (C=O) groups is 1. The summed E-state index contributed by atoms with van der Waals surface area (Å²) < 4.78 is 14.4. The molecule has 0 spiro atoms. The third kappa shape index (κ3) is 2.23. The minimum Gasteiger partial charge on any atom is -0.341 e. The van der Waals surface area contributed by atoms with Crippen molar-refractivity contribution in [3.63, 3.8) is 0 Å². The third-order valence-electron chi connectivity index (χ3n) is 3.96. The predicted octanol–water partition coefficient (Wildman–Crippen LogP) is 4.62. The maximum atomic E-state index is 13.6. The van der Waals surface area contributed by atoms with Gasteiger partial charge in [0.2, 0.25) is 0 Å². The molecule has 0 saturated carbocycles. The first-order valence-electron chi connectivity index (χ1n) is 6.89. The quantitative estimate of drug-likeness (QED) is 0.657. The van der Waals surface area contributed by atoms with Gasteiger partial charge in [0, 0.05) is 32.2 Å². The molecule has 1 N–H and O–H groups in total. The molecule has 4 rings (SSSR count). The van der Waals surface area contributed by atoms with E-state index >= 15 is 0 Å². The number of hydrogen-bond donors (Lipinski definition) is 1. The Morgan fingerprint density at radius 1 is 1.26 bits per heavy atom. The van der Waals surface area contributed by atoms with E-state index in [-0.39, 0.29) is 5.91 Å². The Labute approximate surface area is 144 Å². The highest BCUT2D eigenvalue weighted by Gasteiger charge is 2.35. The number of rotatable bonds is 1. The van der Waals surface area contributed by atoms with E-state index in [1.54, 1.807) is 12.3 Å². The second-order valence-electron chi connectivity index (χ2n) is 5.29. The lowest BCUT2D eigenvalue weighted by Crippen LogP contribution is -2.20. The van der Waals surface area contributed by atoms with Crippen molar-refractivity contribution in [1.82, 2.24) is 10.3 Å². The fourth-order valence-corrected chi connectivity index (χ4v) is 3.85. The van der Waals surface area contributed by atoms with Crippen LogP contribution in [-0.4, -0.2) is 10.9 Å². The second kappa shape index (κ2) is 5.28. The number of hydrogen-bond acceptors (Lipinski definition) is 2. The van der Waals surface area contributed by atoms with Gasteiger partial charge in [0.25, 0.3) is 5.91 Å². The minimum atomic E-state index is -0.500. The maximum absolute atomic E-state index is 13.6. The Morgan fingerprint density at radius 2 is 2.09 bits per heavy atom. The molecule has 3 nitrogen and oxygen atoms in total.